The SMILES string of the molecule is CCOC(=O)Cc1nn(CN(C)Cc2ccccc2C)c(=S)n1C1CCCC1. The van der Waals surface area contributed by atoms with Crippen LogP contribution in [-0.4, -0.2) is 38.9 Å². The minimum Gasteiger partial charge on any atom is -0.466 e. The van der Waals surface area contributed by atoms with Crippen LogP contribution in [-0.2, 0) is 29.2 Å². The summed E-state index contributed by atoms with van der Waals surface area (Å²) < 4.78 is 9.78. The molecule has 0 amide bonds. The summed E-state index contributed by atoms with van der Waals surface area (Å²) in [5, 5.41) is 4.71. The molecule has 0 bridgehead atoms. The molecule has 28 heavy (non-hydrogen) atoms. The Kier molecular flexibility index (Phi) is 7.02. The minimum absolute atomic E-state index is 0.169. The number of carbonyl (C=O) groups is 1. The molecule has 0 spiro atoms. The smallest absolute Gasteiger partial charge is 0.313 e. The first-order valence-corrected chi connectivity index (χ1v) is 10.5. The highest BCUT2D eigenvalue weighted by Crippen LogP contribution is 2.31. The number of hydrogen-bond donors (Lipinski definition) is 0. The van der Waals surface area contributed by atoms with Crippen LogP contribution < -0.4 is 0 Å². The summed E-state index contributed by atoms with van der Waals surface area (Å²) in [6, 6.07) is 8.73. The number of rotatable bonds is 8. The fraction of sp³-hybridized carbons (Fsp3) is 0.571. The summed E-state index contributed by atoms with van der Waals surface area (Å²) in [4.78, 5) is 14.3. The topological polar surface area (TPSA) is 52.3 Å². The highest BCUT2D eigenvalue weighted by atomic mass is 32.1. The molecule has 6 nitrogen and oxygen atoms in total. The van der Waals surface area contributed by atoms with E-state index in [0.29, 0.717) is 24.1 Å². The lowest BCUT2D eigenvalue weighted by atomic mass is 10.1. The average Bonchev–Trinajstić information content (AvgIpc) is 3.26. The lowest BCUT2D eigenvalue weighted by molar-refractivity contribution is -0.142. The summed E-state index contributed by atoms with van der Waals surface area (Å²) >= 11 is 5.76. The maximum Gasteiger partial charge on any atom is 0.313 e. The van der Waals surface area contributed by atoms with Crippen molar-refractivity contribution in [3.8, 4) is 0 Å². The van der Waals surface area contributed by atoms with Crippen LogP contribution in [0.25, 0.3) is 0 Å². The molecule has 1 heterocycles. The van der Waals surface area contributed by atoms with E-state index in [4.69, 9.17) is 22.1 Å². The van der Waals surface area contributed by atoms with E-state index in [1.54, 1.807) is 0 Å². The van der Waals surface area contributed by atoms with Crippen LogP contribution in [0.2, 0.25) is 0 Å². The van der Waals surface area contributed by atoms with Crippen molar-refractivity contribution in [3.63, 3.8) is 0 Å². The van der Waals surface area contributed by atoms with Crippen molar-refractivity contribution in [3.05, 3.63) is 46.0 Å². The predicted molar refractivity (Wildman–Crippen MR) is 112 cm³/mol. The minimum atomic E-state index is -0.248. The van der Waals surface area contributed by atoms with Crippen LogP contribution in [0.5, 0.6) is 0 Å². The van der Waals surface area contributed by atoms with Gasteiger partial charge in [-0.2, -0.15) is 5.10 Å². The summed E-state index contributed by atoms with van der Waals surface area (Å²) in [5.41, 5.74) is 2.57. The van der Waals surface area contributed by atoms with Gasteiger partial charge in [-0.1, -0.05) is 37.1 Å². The Morgan fingerprint density at radius 3 is 2.71 bits per heavy atom. The first-order valence-electron chi connectivity index (χ1n) is 10.1. The van der Waals surface area contributed by atoms with Gasteiger partial charge in [0, 0.05) is 12.6 Å². The molecule has 0 saturated heterocycles. The monoisotopic (exact) mass is 402 g/mol. The van der Waals surface area contributed by atoms with Gasteiger partial charge in [-0.3, -0.25) is 9.69 Å². The lowest BCUT2D eigenvalue weighted by Gasteiger charge is -2.18. The molecular weight excluding hydrogens is 372 g/mol. The number of carbonyl (C=O) groups excluding carboxylic acids is 1. The van der Waals surface area contributed by atoms with E-state index in [2.05, 4.69) is 47.7 Å². The zero-order chi connectivity index (χ0) is 20.1. The van der Waals surface area contributed by atoms with Gasteiger partial charge < -0.3 is 9.30 Å². The molecule has 0 aliphatic heterocycles. The number of aryl methyl sites for hydroxylation is 1. The van der Waals surface area contributed by atoms with Crippen LogP contribution >= 0.6 is 12.2 Å². The highest BCUT2D eigenvalue weighted by Gasteiger charge is 2.24. The van der Waals surface area contributed by atoms with Crippen LogP contribution in [0.3, 0.4) is 0 Å². The van der Waals surface area contributed by atoms with Crippen molar-refractivity contribution in [1.29, 1.82) is 0 Å². The van der Waals surface area contributed by atoms with Gasteiger partial charge in [0.25, 0.3) is 0 Å². The molecule has 1 aromatic heterocycles. The number of benzene rings is 1. The van der Waals surface area contributed by atoms with Gasteiger partial charge in [0.2, 0.25) is 0 Å². The number of nitrogens with zero attached hydrogens (tertiary/aromatic N) is 4. The van der Waals surface area contributed by atoms with Crippen molar-refractivity contribution >= 4 is 18.2 Å². The first kappa shape index (κ1) is 20.7. The number of ether oxygens (including phenoxy) is 1. The van der Waals surface area contributed by atoms with E-state index in [-0.39, 0.29) is 12.4 Å². The molecule has 1 aliphatic carbocycles. The molecule has 7 heteroatoms. The van der Waals surface area contributed by atoms with Crippen LogP contribution in [0.15, 0.2) is 24.3 Å². The summed E-state index contributed by atoms with van der Waals surface area (Å²) in [6.45, 7) is 5.73. The van der Waals surface area contributed by atoms with Crippen LogP contribution in [0, 0.1) is 11.7 Å². The van der Waals surface area contributed by atoms with Crippen molar-refractivity contribution in [2.45, 2.75) is 65.2 Å². The van der Waals surface area contributed by atoms with E-state index in [0.717, 1.165) is 25.2 Å². The Bertz CT molecular complexity index is 868. The quantitative estimate of drug-likeness (QED) is 0.493. The van der Waals surface area contributed by atoms with Gasteiger partial charge in [-0.25, -0.2) is 4.68 Å². The lowest BCUT2D eigenvalue weighted by Crippen LogP contribution is -2.23. The molecule has 1 aromatic carbocycles. The van der Waals surface area contributed by atoms with Crippen molar-refractivity contribution in [2.75, 3.05) is 13.7 Å². The van der Waals surface area contributed by atoms with Crippen molar-refractivity contribution < 1.29 is 9.53 Å². The third kappa shape index (κ3) is 4.89. The fourth-order valence-electron chi connectivity index (χ4n) is 3.91. The van der Waals surface area contributed by atoms with Gasteiger partial charge in [-0.15, -0.1) is 0 Å². The summed E-state index contributed by atoms with van der Waals surface area (Å²) in [7, 11) is 2.06. The normalized spacial score (nSPS) is 14.7. The molecule has 152 valence electrons. The molecular formula is C21H30N4O2S. The zero-order valence-corrected chi connectivity index (χ0v) is 17.9. The van der Waals surface area contributed by atoms with E-state index < -0.39 is 0 Å². The van der Waals surface area contributed by atoms with Crippen molar-refractivity contribution in [1.82, 2.24) is 19.2 Å². The average molecular weight is 403 g/mol. The number of hydrogen-bond acceptors (Lipinski definition) is 5. The standard InChI is InChI=1S/C21H30N4O2S/c1-4-27-20(26)13-19-22-24(21(28)25(19)18-11-7-8-12-18)15-23(3)14-17-10-6-5-9-16(17)2/h5-6,9-10,18H,4,7-8,11-15H2,1-3H3. The van der Waals surface area contributed by atoms with Crippen LogP contribution in [0.4, 0.5) is 0 Å². The molecule has 2 aromatic rings. The zero-order valence-electron chi connectivity index (χ0n) is 17.1. The van der Waals surface area contributed by atoms with E-state index in [1.165, 1.54) is 24.0 Å². The molecule has 0 unspecified atom stereocenters. The van der Waals surface area contributed by atoms with E-state index in [9.17, 15) is 4.79 Å². The number of aromatic nitrogens is 3. The Morgan fingerprint density at radius 1 is 1.32 bits per heavy atom. The molecule has 0 radical (unpaired) electrons. The largest absolute Gasteiger partial charge is 0.466 e. The Morgan fingerprint density at radius 2 is 2.04 bits per heavy atom. The molecule has 1 saturated carbocycles. The van der Waals surface area contributed by atoms with Gasteiger partial charge in [0.1, 0.15) is 12.2 Å². The van der Waals surface area contributed by atoms with Gasteiger partial charge >= 0.3 is 5.97 Å². The van der Waals surface area contributed by atoms with E-state index in [1.807, 2.05) is 11.6 Å². The Hall–Kier alpha value is -1.99. The molecule has 0 atom stereocenters. The van der Waals surface area contributed by atoms with Gasteiger partial charge in [-0.05, 0) is 57.1 Å². The Labute approximate surface area is 172 Å². The third-order valence-corrected chi connectivity index (χ3v) is 5.72. The van der Waals surface area contributed by atoms with Gasteiger partial charge in [0.05, 0.1) is 13.3 Å². The van der Waals surface area contributed by atoms with E-state index >= 15 is 0 Å². The van der Waals surface area contributed by atoms with Gasteiger partial charge in [0.15, 0.2) is 4.77 Å². The molecule has 3 rings (SSSR count). The number of esters is 1. The van der Waals surface area contributed by atoms with Crippen molar-refractivity contribution in [2.24, 2.45) is 0 Å². The molecule has 1 aliphatic rings. The second-order valence-corrected chi connectivity index (χ2v) is 7.94. The molecule has 0 N–H and O–H groups in total. The maximum absolute atomic E-state index is 12.1. The Balaban J connectivity index is 1.81. The predicted octanol–water partition coefficient (Wildman–Crippen LogP) is 4.03. The first-order chi connectivity index (χ1) is 13.5. The summed E-state index contributed by atoms with van der Waals surface area (Å²) in [5.74, 6) is 0.474. The fourth-order valence-corrected chi connectivity index (χ4v) is 4.26. The molecule has 1 fully saturated rings. The second-order valence-electron chi connectivity index (χ2n) is 7.57. The van der Waals surface area contributed by atoms with Crippen LogP contribution in [0.1, 0.15) is 55.6 Å². The second kappa shape index (κ2) is 9.47. The maximum atomic E-state index is 12.1. The summed E-state index contributed by atoms with van der Waals surface area (Å²) in [6.07, 6.45) is 4.75. The highest BCUT2D eigenvalue weighted by molar-refractivity contribution is 7.71. The third-order valence-electron chi connectivity index (χ3n) is 5.32.